The van der Waals surface area contributed by atoms with Gasteiger partial charge in [0.15, 0.2) is 5.96 Å². The van der Waals surface area contributed by atoms with Gasteiger partial charge in [0.05, 0.1) is 6.54 Å². The van der Waals surface area contributed by atoms with Crippen LogP contribution in [0.25, 0.3) is 0 Å². The predicted octanol–water partition coefficient (Wildman–Crippen LogP) is 1.59. The van der Waals surface area contributed by atoms with Gasteiger partial charge in [-0.3, -0.25) is 9.79 Å². The molecule has 0 atom stereocenters. The minimum atomic E-state index is -0.384. The summed E-state index contributed by atoms with van der Waals surface area (Å²) in [6.45, 7) is 4.99. The highest BCUT2D eigenvalue weighted by Gasteiger charge is 2.05. The molecule has 1 amide bonds. The highest BCUT2D eigenvalue weighted by Crippen LogP contribution is 2.08. The number of rotatable bonds is 5. The standard InChI is InChI=1S/C14H21FN4O/c1-10(2)8-17-14(16-3)18-9-13(20)19-12-6-4-5-11(15)7-12/h4-7,10H,8-9H2,1-3H3,(H,19,20)(H2,16,17,18). The molecule has 0 fully saturated rings. The van der Waals surface area contributed by atoms with Gasteiger partial charge in [-0.25, -0.2) is 4.39 Å². The first kappa shape index (κ1) is 15.9. The molecule has 6 heteroatoms. The summed E-state index contributed by atoms with van der Waals surface area (Å²) in [7, 11) is 1.64. The van der Waals surface area contributed by atoms with E-state index in [9.17, 15) is 9.18 Å². The third-order valence-corrected chi connectivity index (χ3v) is 2.43. The molecule has 0 aliphatic heterocycles. The Morgan fingerprint density at radius 2 is 2.10 bits per heavy atom. The maximum Gasteiger partial charge on any atom is 0.243 e. The number of halogens is 1. The van der Waals surface area contributed by atoms with Crippen LogP contribution in [0, 0.1) is 11.7 Å². The molecular weight excluding hydrogens is 259 g/mol. The normalized spacial score (nSPS) is 11.3. The molecule has 1 aromatic carbocycles. The molecule has 0 aromatic heterocycles. The van der Waals surface area contributed by atoms with Crippen LogP contribution in [0.15, 0.2) is 29.3 Å². The lowest BCUT2D eigenvalue weighted by Crippen LogP contribution is -2.42. The number of benzene rings is 1. The molecule has 1 aromatic rings. The van der Waals surface area contributed by atoms with Crippen LogP contribution in [0.2, 0.25) is 0 Å². The lowest BCUT2D eigenvalue weighted by Gasteiger charge is -2.13. The maximum atomic E-state index is 13.0. The Kier molecular flexibility index (Phi) is 6.49. The first-order valence-electron chi connectivity index (χ1n) is 6.51. The smallest absolute Gasteiger partial charge is 0.243 e. The van der Waals surface area contributed by atoms with E-state index in [0.717, 1.165) is 6.54 Å². The van der Waals surface area contributed by atoms with Crippen LogP contribution >= 0.6 is 0 Å². The lowest BCUT2D eigenvalue weighted by molar-refractivity contribution is -0.115. The van der Waals surface area contributed by atoms with Gasteiger partial charge in [-0.15, -0.1) is 0 Å². The summed E-state index contributed by atoms with van der Waals surface area (Å²) in [5, 5.41) is 8.59. The molecule has 0 aliphatic rings. The third kappa shape index (κ3) is 6.17. The van der Waals surface area contributed by atoms with Crippen LogP contribution in [-0.4, -0.2) is 32.0 Å². The Bertz CT molecular complexity index is 474. The number of anilines is 1. The van der Waals surface area contributed by atoms with E-state index < -0.39 is 0 Å². The zero-order chi connectivity index (χ0) is 15.0. The van der Waals surface area contributed by atoms with Crippen molar-refractivity contribution < 1.29 is 9.18 Å². The van der Waals surface area contributed by atoms with E-state index in [1.807, 2.05) is 0 Å². The van der Waals surface area contributed by atoms with E-state index >= 15 is 0 Å². The third-order valence-electron chi connectivity index (χ3n) is 2.43. The molecule has 0 bridgehead atoms. The molecule has 0 spiro atoms. The number of hydrogen-bond donors (Lipinski definition) is 3. The predicted molar refractivity (Wildman–Crippen MR) is 79.2 cm³/mol. The van der Waals surface area contributed by atoms with Crippen molar-refractivity contribution in [3.05, 3.63) is 30.1 Å². The molecule has 0 saturated heterocycles. The molecule has 110 valence electrons. The highest BCUT2D eigenvalue weighted by molar-refractivity contribution is 5.94. The van der Waals surface area contributed by atoms with Crippen LogP contribution in [-0.2, 0) is 4.79 Å². The van der Waals surface area contributed by atoms with Crippen LogP contribution in [0.1, 0.15) is 13.8 Å². The molecule has 0 radical (unpaired) electrons. The second kappa shape index (κ2) is 8.14. The lowest BCUT2D eigenvalue weighted by atomic mass is 10.2. The number of amides is 1. The van der Waals surface area contributed by atoms with Gasteiger partial charge in [0.25, 0.3) is 0 Å². The topological polar surface area (TPSA) is 65.5 Å². The summed E-state index contributed by atoms with van der Waals surface area (Å²) in [6, 6.07) is 5.77. The Morgan fingerprint density at radius 3 is 2.70 bits per heavy atom. The van der Waals surface area contributed by atoms with E-state index in [4.69, 9.17) is 0 Å². The Hall–Kier alpha value is -2.11. The number of carbonyl (C=O) groups is 1. The number of nitrogens with zero attached hydrogens (tertiary/aromatic N) is 1. The van der Waals surface area contributed by atoms with Crippen molar-refractivity contribution in [2.45, 2.75) is 13.8 Å². The Balaban J connectivity index is 2.39. The molecule has 0 saturated carbocycles. The minimum absolute atomic E-state index is 0.0638. The van der Waals surface area contributed by atoms with Gasteiger partial charge in [0, 0.05) is 19.3 Å². The number of carbonyl (C=O) groups excluding carboxylic acids is 1. The van der Waals surface area contributed by atoms with E-state index in [0.29, 0.717) is 17.6 Å². The molecule has 20 heavy (non-hydrogen) atoms. The zero-order valence-electron chi connectivity index (χ0n) is 12.0. The SMILES string of the molecule is CN=C(NCC(=O)Nc1cccc(F)c1)NCC(C)C. The average Bonchev–Trinajstić information content (AvgIpc) is 2.38. The second-order valence-electron chi connectivity index (χ2n) is 4.76. The second-order valence-corrected chi connectivity index (χ2v) is 4.76. The van der Waals surface area contributed by atoms with E-state index in [2.05, 4.69) is 34.8 Å². The average molecular weight is 280 g/mol. The number of nitrogens with one attached hydrogen (secondary N) is 3. The fourth-order valence-corrected chi connectivity index (χ4v) is 1.46. The van der Waals surface area contributed by atoms with E-state index in [1.54, 1.807) is 19.2 Å². The maximum absolute atomic E-state index is 13.0. The Morgan fingerprint density at radius 1 is 1.35 bits per heavy atom. The summed E-state index contributed by atoms with van der Waals surface area (Å²) >= 11 is 0. The van der Waals surface area contributed by atoms with E-state index in [-0.39, 0.29) is 18.3 Å². The molecule has 0 heterocycles. The summed E-state index contributed by atoms with van der Waals surface area (Å²) in [5.41, 5.74) is 0.432. The highest BCUT2D eigenvalue weighted by atomic mass is 19.1. The summed E-state index contributed by atoms with van der Waals surface area (Å²) in [5.74, 6) is 0.399. The van der Waals surface area contributed by atoms with Gasteiger partial charge < -0.3 is 16.0 Å². The Labute approximate surface area is 118 Å². The van der Waals surface area contributed by atoms with Crippen molar-refractivity contribution in [3.63, 3.8) is 0 Å². The van der Waals surface area contributed by atoms with Gasteiger partial charge in [0.1, 0.15) is 5.82 Å². The van der Waals surface area contributed by atoms with Crippen molar-refractivity contribution in [1.82, 2.24) is 10.6 Å². The quantitative estimate of drug-likeness (QED) is 0.567. The fourth-order valence-electron chi connectivity index (χ4n) is 1.46. The first-order chi connectivity index (χ1) is 9.51. The number of aliphatic imine (C=N–C) groups is 1. The minimum Gasteiger partial charge on any atom is -0.356 e. The van der Waals surface area contributed by atoms with Gasteiger partial charge in [-0.2, -0.15) is 0 Å². The van der Waals surface area contributed by atoms with Gasteiger partial charge in [-0.05, 0) is 24.1 Å². The first-order valence-corrected chi connectivity index (χ1v) is 6.51. The number of hydrogen-bond acceptors (Lipinski definition) is 2. The molecule has 3 N–H and O–H groups in total. The number of guanidine groups is 1. The van der Waals surface area contributed by atoms with Gasteiger partial charge >= 0.3 is 0 Å². The molecular formula is C14H21FN4O. The van der Waals surface area contributed by atoms with Crippen molar-refractivity contribution in [2.75, 3.05) is 25.5 Å². The van der Waals surface area contributed by atoms with Crippen LogP contribution in [0.4, 0.5) is 10.1 Å². The monoisotopic (exact) mass is 280 g/mol. The van der Waals surface area contributed by atoms with Gasteiger partial charge in [-0.1, -0.05) is 19.9 Å². The van der Waals surface area contributed by atoms with Crippen LogP contribution < -0.4 is 16.0 Å². The largest absolute Gasteiger partial charge is 0.356 e. The molecule has 0 aliphatic carbocycles. The van der Waals surface area contributed by atoms with Crippen molar-refractivity contribution >= 4 is 17.6 Å². The van der Waals surface area contributed by atoms with Gasteiger partial charge in [0.2, 0.25) is 5.91 Å². The van der Waals surface area contributed by atoms with Crippen LogP contribution in [0.3, 0.4) is 0 Å². The van der Waals surface area contributed by atoms with Crippen LogP contribution in [0.5, 0.6) is 0 Å². The zero-order valence-corrected chi connectivity index (χ0v) is 12.0. The van der Waals surface area contributed by atoms with Crippen molar-refractivity contribution in [3.8, 4) is 0 Å². The van der Waals surface area contributed by atoms with Crippen molar-refractivity contribution in [1.29, 1.82) is 0 Å². The fraction of sp³-hybridized carbons (Fsp3) is 0.429. The summed E-state index contributed by atoms with van der Waals surface area (Å²) in [4.78, 5) is 15.7. The molecule has 0 unspecified atom stereocenters. The summed E-state index contributed by atoms with van der Waals surface area (Å²) < 4.78 is 13.0. The summed E-state index contributed by atoms with van der Waals surface area (Å²) in [6.07, 6.45) is 0. The molecule has 1 rings (SSSR count). The molecule has 5 nitrogen and oxygen atoms in total. The van der Waals surface area contributed by atoms with E-state index in [1.165, 1.54) is 12.1 Å². The van der Waals surface area contributed by atoms with Crippen molar-refractivity contribution in [2.24, 2.45) is 10.9 Å².